The predicted molar refractivity (Wildman–Crippen MR) is 28.5 cm³/mol. The monoisotopic (exact) mass is 150 g/mol. The summed E-state index contributed by atoms with van der Waals surface area (Å²) < 4.78 is 32.4. The summed E-state index contributed by atoms with van der Waals surface area (Å²) in [4.78, 5) is 0. The first-order valence-electron chi connectivity index (χ1n) is 1.30. The van der Waals surface area contributed by atoms with E-state index in [1.807, 2.05) is 0 Å². The third-order valence-corrected chi connectivity index (χ3v) is 0.876. The van der Waals surface area contributed by atoms with Crippen LogP contribution in [0.3, 0.4) is 0 Å². The van der Waals surface area contributed by atoms with Crippen molar-refractivity contribution in [3.8, 4) is 0 Å². The van der Waals surface area contributed by atoms with Crippen LogP contribution in [0.4, 0.5) is 4.53 Å². The molecule has 0 saturated heterocycles. The molecule has 6 heteroatoms. The van der Waals surface area contributed by atoms with Crippen LogP contribution in [0, 0.1) is 0 Å². The first-order chi connectivity index (χ1) is 3.12. The second kappa shape index (κ2) is 4.46. The first-order valence-corrected chi connectivity index (χ1v) is 2.77. The molecule has 0 aliphatic heterocycles. The van der Waals surface area contributed by atoms with E-state index >= 15 is 0 Å². The van der Waals surface area contributed by atoms with E-state index < -0.39 is 10.1 Å². The van der Waals surface area contributed by atoms with Gasteiger partial charge in [0, 0.05) is 0 Å². The second-order valence-electron chi connectivity index (χ2n) is 0.722. The molecule has 0 N–H and O–H groups in total. The molecule has 0 atom stereocenters. The molecule has 0 rings (SSSR count). The van der Waals surface area contributed by atoms with Crippen molar-refractivity contribution in [2.45, 2.75) is 0 Å². The van der Waals surface area contributed by atoms with Gasteiger partial charge in [-0.2, -0.15) is 8.42 Å². The standard InChI is InChI=1S/C2H3FO3S.Na.H/c1-2-7(4,5)6-3;;/h2H,1H2;;. The van der Waals surface area contributed by atoms with Crippen LogP contribution in [0.1, 0.15) is 0 Å². The van der Waals surface area contributed by atoms with Crippen molar-refractivity contribution in [3.63, 3.8) is 0 Å². The van der Waals surface area contributed by atoms with Crippen LogP contribution in [0.15, 0.2) is 12.0 Å². The second-order valence-corrected chi connectivity index (χ2v) is 2.17. The fourth-order valence-corrected chi connectivity index (χ4v) is 0.0772. The van der Waals surface area contributed by atoms with Crippen LogP contribution in [0.25, 0.3) is 0 Å². The Morgan fingerprint density at radius 3 is 2.00 bits per heavy atom. The van der Waals surface area contributed by atoms with E-state index in [4.69, 9.17) is 0 Å². The summed E-state index contributed by atoms with van der Waals surface area (Å²) in [7, 11) is -4.06. The predicted octanol–water partition coefficient (Wildman–Crippen LogP) is -0.288. The minimum atomic E-state index is -4.06. The Kier molecular flexibility index (Phi) is 6.34. The van der Waals surface area contributed by atoms with Crippen LogP contribution in [0.5, 0.6) is 0 Å². The molecule has 0 fully saturated rings. The van der Waals surface area contributed by atoms with E-state index in [9.17, 15) is 12.9 Å². The molecule has 0 aromatic heterocycles. The molecule has 0 aromatic carbocycles. The van der Waals surface area contributed by atoms with E-state index in [1.54, 1.807) is 0 Å². The van der Waals surface area contributed by atoms with E-state index in [0.717, 1.165) is 0 Å². The van der Waals surface area contributed by atoms with Gasteiger partial charge in [-0.05, 0) is 4.53 Å². The molecule has 0 spiro atoms. The molecule has 3 nitrogen and oxygen atoms in total. The Balaban J connectivity index is 0. The molecule has 0 bridgehead atoms. The molecule has 0 aromatic rings. The van der Waals surface area contributed by atoms with Gasteiger partial charge in [-0.3, -0.25) is 0 Å². The zero-order valence-corrected chi connectivity index (χ0v) is 4.11. The average Bonchev–Trinajstić information content (AvgIpc) is 1.68. The van der Waals surface area contributed by atoms with Gasteiger partial charge in [-0.15, -0.1) is 0 Å². The molecule has 0 aliphatic rings. The molecule has 0 heterocycles. The Bertz CT molecular complexity index is 151. The molecule has 0 radical (unpaired) electrons. The summed E-state index contributed by atoms with van der Waals surface area (Å²) >= 11 is 0. The molecule has 0 aliphatic carbocycles. The van der Waals surface area contributed by atoms with E-state index in [1.165, 1.54) is 0 Å². The van der Waals surface area contributed by atoms with Crippen LogP contribution in [0.2, 0.25) is 0 Å². The summed E-state index contributed by atoms with van der Waals surface area (Å²) in [6.45, 7) is 2.75. The molecule has 0 amide bonds. The van der Waals surface area contributed by atoms with Gasteiger partial charge in [0.1, 0.15) is 0 Å². The van der Waals surface area contributed by atoms with Crippen molar-refractivity contribution in [3.05, 3.63) is 12.0 Å². The van der Waals surface area contributed by atoms with Gasteiger partial charge in [0.25, 0.3) is 0 Å². The van der Waals surface area contributed by atoms with Gasteiger partial charge in [-0.25, -0.2) is 0 Å². The number of halogens is 1. The summed E-state index contributed by atoms with van der Waals surface area (Å²) in [5.41, 5.74) is 0. The van der Waals surface area contributed by atoms with Crippen molar-refractivity contribution in [2.75, 3.05) is 0 Å². The molecule has 44 valence electrons. The van der Waals surface area contributed by atoms with Gasteiger partial charge in [-0.1, -0.05) is 11.0 Å². The van der Waals surface area contributed by atoms with Crippen LogP contribution >= 0.6 is 0 Å². The van der Waals surface area contributed by atoms with Crippen LogP contribution in [-0.4, -0.2) is 38.0 Å². The van der Waals surface area contributed by atoms with Gasteiger partial charge in [0.2, 0.25) is 0 Å². The zero-order valence-electron chi connectivity index (χ0n) is 3.30. The van der Waals surface area contributed by atoms with Gasteiger partial charge >= 0.3 is 39.7 Å². The van der Waals surface area contributed by atoms with Crippen LogP contribution < -0.4 is 0 Å². The summed E-state index contributed by atoms with van der Waals surface area (Å²) in [6, 6.07) is 0. The Morgan fingerprint density at radius 1 is 1.62 bits per heavy atom. The zero-order chi connectivity index (χ0) is 5.91. The first kappa shape index (κ1) is 11.4. The van der Waals surface area contributed by atoms with Crippen molar-refractivity contribution in [1.29, 1.82) is 0 Å². The molecule has 8 heavy (non-hydrogen) atoms. The molecular weight excluding hydrogens is 146 g/mol. The SMILES string of the molecule is C=CS(=O)(=O)OF.[NaH]. The van der Waals surface area contributed by atoms with Crippen molar-refractivity contribution >= 4 is 39.7 Å². The molecule has 0 saturated carbocycles. The van der Waals surface area contributed by atoms with E-state index in [-0.39, 0.29) is 29.6 Å². The van der Waals surface area contributed by atoms with Crippen LogP contribution in [-0.2, 0) is 14.5 Å². The normalized spacial score (nSPS) is 9.62. The van der Waals surface area contributed by atoms with Crippen molar-refractivity contribution in [2.24, 2.45) is 0 Å². The fourth-order valence-electron chi connectivity index (χ4n) is 0.0257. The number of hydrogen-bond donors (Lipinski definition) is 0. The third kappa shape index (κ3) is 4.73. The maximum atomic E-state index is 10.6. The van der Waals surface area contributed by atoms with E-state index in [2.05, 4.69) is 11.0 Å². The van der Waals surface area contributed by atoms with Gasteiger partial charge in [0.05, 0.1) is 5.41 Å². The van der Waals surface area contributed by atoms with Gasteiger partial charge in [0.15, 0.2) is 0 Å². The summed E-state index contributed by atoms with van der Waals surface area (Å²) in [5.74, 6) is 0. The van der Waals surface area contributed by atoms with Gasteiger partial charge < -0.3 is 0 Å². The minimum absolute atomic E-state index is 0. The number of hydrogen-bond acceptors (Lipinski definition) is 3. The number of rotatable bonds is 2. The van der Waals surface area contributed by atoms with Crippen molar-refractivity contribution < 1.29 is 17.3 Å². The van der Waals surface area contributed by atoms with Crippen molar-refractivity contribution in [1.82, 2.24) is 0 Å². The maximum absolute atomic E-state index is 10.6. The fraction of sp³-hybridized carbons (Fsp3) is 0. The molecule has 0 unspecified atom stereocenters. The Labute approximate surface area is 68.8 Å². The third-order valence-electron chi connectivity index (χ3n) is 0.292. The quantitative estimate of drug-likeness (QED) is 0.508. The molecular formula is C2H4FNaO3S. The van der Waals surface area contributed by atoms with E-state index in [0.29, 0.717) is 5.41 Å². The topological polar surface area (TPSA) is 43.4 Å². The summed E-state index contributed by atoms with van der Waals surface area (Å²) in [6.07, 6.45) is 0. The Hall–Kier alpha value is 0.580. The Morgan fingerprint density at radius 2 is 2.00 bits per heavy atom. The summed E-state index contributed by atoms with van der Waals surface area (Å²) in [5, 5.41) is 0.368. The average molecular weight is 150 g/mol.